The van der Waals surface area contributed by atoms with E-state index in [4.69, 9.17) is 0 Å². The van der Waals surface area contributed by atoms with E-state index in [9.17, 15) is 14.0 Å². The summed E-state index contributed by atoms with van der Waals surface area (Å²) in [6.45, 7) is 2.19. The van der Waals surface area contributed by atoms with E-state index >= 15 is 0 Å². The highest BCUT2D eigenvalue weighted by Gasteiger charge is 2.20. The molecular weight excluding hydrogens is 397 g/mol. The van der Waals surface area contributed by atoms with E-state index in [-0.39, 0.29) is 18.0 Å². The number of amides is 2. The number of nitrogens with zero attached hydrogens (tertiary/aromatic N) is 3. The smallest absolute Gasteiger partial charge is 0.255 e. The molecule has 0 saturated carbocycles. The number of halogens is 1. The van der Waals surface area contributed by atoms with Gasteiger partial charge in [0.1, 0.15) is 11.5 Å². The highest BCUT2D eigenvalue weighted by atomic mass is 19.1. The number of aryl methyl sites for hydroxylation is 1. The molecule has 1 aromatic heterocycles. The van der Waals surface area contributed by atoms with E-state index in [1.807, 2.05) is 10.6 Å². The molecule has 2 heterocycles. The Hall–Kier alpha value is -3.68. The molecule has 2 aromatic carbocycles. The normalized spacial score (nSPS) is 13.3. The Balaban J connectivity index is 1.43. The first-order valence-electron chi connectivity index (χ1n) is 10.3. The van der Waals surface area contributed by atoms with Crippen LogP contribution < -0.4 is 15.5 Å². The lowest BCUT2D eigenvalue weighted by Gasteiger charge is -2.22. The Morgan fingerprint density at radius 1 is 1.06 bits per heavy atom. The molecule has 2 N–H and O–H groups in total. The van der Waals surface area contributed by atoms with Crippen LogP contribution in [0.4, 0.5) is 21.5 Å². The third kappa shape index (κ3) is 5.09. The van der Waals surface area contributed by atoms with Crippen molar-refractivity contribution in [3.8, 4) is 0 Å². The molecule has 2 amide bonds. The van der Waals surface area contributed by atoms with Crippen LogP contribution in [0.5, 0.6) is 0 Å². The first-order valence-corrected chi connectivity index (χ1v) is 10.3. The van der Waals surface area contributed by atoms with Gasteiger partial charge in [-0.05, 0) is 43.2 Å². The standard InChI is InChI=1S/C23H24FN5O2/c24-19-7-4-8-20(29-11-1-2-12-29)22(19)27-23(31)17-5-3-6-18(15-17)26-21(30)9-13-28-14-10-25-16-28/h3-8,10,14-16H,1-2,9,11-13H2,(H,26,30)(H,27,31). The summed E-state index contributed by atoms with van der Waals surface area (Å²) in [4.78, 5) is 31.1. The summed E-state index contributed by atoms with van der Waals surface area (Å²) in [6.07, 6.45) is 7.47. The summed E-state index contributed by atoms with van der Waals surface area (Å²) in [5.41, 5.74) is 1.72. The van der Waals surface area contributed by atoms with Crippen LogP contribution in [-0.4, -0.2) is 34.5 Å². The van der Waals surface area contributed by atoms with Gasteiger partial charge < -0.3 is 20.1 Å². The van der Waals surface area contributed by atoms with Crippen LogP contribution in [0.2, 0.25) is 0 Å². The van der Waals surface area contributed by atoms with Crippen LogP contribution in [0.25, 0.3) is 0 Å². The second-order valence-electron chi connectivity index (χ2n) is 7.46. The molecule has 1 saturated heterocycles. The summed E-state index contributed by atoms with van der Waals surface area (Å²) in [5.74, 6) is -1.07. The zero-order valence-corrected chi connectivity index (χ0v) is 17.1. The van der Waals surface area contributed by atoms with E-state index in [1.54, 1.807) is 49.1 Å². The maximum atomic E-state index is 14.5. The van der Waals surface area contributed by atoms with Crippen LogP contribution in [0.1, 0.15) is 29.6 Å². The second-order valence-corrected chi connectivity index (χ2v) is 7.46. The highest BCUT2D eigenvalue weighted by molar-refractivity contribution is 6.07. The first-order chi connectivity index (χ1) is 15.1. The van der Waals surface area contributed by atoms with Gasteiger partial charge in [0.2, 0.25) is 5.91 Å². The number of hydrogen-bond donors (Lipinski definition) is 2. The van der Waals surface area contributed by atoms with Crippen LogP contribution in [0, 0.1) is 5.82 Å². The van der Waals surface area contributed by atoms with Crippen molar-refractivity contribution in [2.75, 3.05) is 28.6 Å². The molecule has 1 fully saturated rings. The van der Waals surface area contributed by atoms with Crippen molar-refractivity contribution in [1.82, 2.24) is 9.55 Å². The van der Waals surface area contributed by atoms with Crippen LogP contribution in [0.15, 0.2) is 61.2 Å². The second kappa shape index (κ2) is 9.42. The molecule has 0 unspecified atom stereocenters. The van der Waals surface area contributed by atoms with Crippen molar-refractivity contribution in [2.24, 2.45) is 0 Å². The Morgan fingerprint density at radius 3 is 2.65 bits per heavy atom. The highest BCUT2D eigenvalue weighted by Crippen LogP contribution is 2.31. The minimum absolute atomic E-state index is 0.170. The number of nitrogens with one attached hydrogen (secondary N) is 2. The van der Waals surface area contributed by atoms with E-state index in [1.165, 1.54) is 6.07 Å². The minimum atomic E-state index is -0.471. The molecule has 7 nitrogen and oxygen atoms in total. The van der Waals surface area contributed by atoms with Crippen molar-refractivity contribution in [3.05, 3.63) is 72.6 Å². The first kappa shape index (κ1) is 20.6. The summed E-state index contributed by atoms with van der Waals surface area (Å²) in [7, 11) is 0. The van der Waals surface area contributed by atoms with Gasteiger partial charge in [-0.1, -0.05) is 12.1 Å². The lowest BCUT2D eigenvalue weighted by atomic mass is 10.1. The molecule has 0 spiro atoms. The largest absolute Gasteiger partial charge is 0.370 e. The fourth-order valence-corrected chi connectivity index (χ4v) is 3.66. The Bertz CT molecular complexity index is 1060. The summed E-state index contributed by atoms with van der Waals surface area (Å²) in [5, 5.41) is 5.51. The quantitative estimate of drug-likeness (QED) is 0.606. The lowest BCUT2D eigenvalue weighted by Crippen LogP contribution is -2.22. The molecule has 0 atom stereocenters. The van der Waals surface area contributed by atoms with E-state index in [2.05, 4.69) is 20.5 Å². The SMILES string of the molecule is O=C(CCn1ccnc1)Nc1cccc(C(=O)Nc2c(F)cccc2N2CCCC2)c1. The van der Waals surface area contributed by atoms with Gasteiger partial charge in [0.05, 0.1) is 12.0 Å². The molecule has 3 aromatic rings. The minimum Gasteiger partial charge on any atom is -0.370 e. The molecular formula is C23H24FN5O2. The Labute approximate surface area is 179 Å². The van der Waals surface area contributed by atoms with Crippen molar-refractivity contribution in [3.63, 3.8) is 0 Å². The molecule has 1 aliphatic rings. The molecule has 8 heteroatoms. The van der Waals surface area contributed by atoms with Crippen molar-refractivity contribution >= 4 is 28.9 Å². The fourth-order valence-electron chi connectivity index (χ4n) is 3.66. The summed E-state index contributed by atoms with van der Waals surface area (Å²) in [6, 6.07) is 11.4. The van der Waals surface area contributed by atoms with Gasteiger partial charge in [-0.2, -0.15) is 0 Å². The Morgan fingerprint density at radius 2 is 1.87 bits per heavy atom. The van der Waals surface area contributed by atoms with Crippen molar-refractivity contribution in [2.45, 2.75) is 25.8 Å². The maximum Gasteiger partial charge on any atom is 0.255 e. The number of rotatable bonds is 7. The van der Waals surface area contributed by atoms with Gasteiger partial charge in [0.25, 0.3) is 5.91 Å². The van der Waals surface area contributed by atoms with Crippen LogP contribution >= 0.6 is 0 Å². The number of carbonyl (C=O) groups excluding carboxylic acids is 2. The fraction of sp³-hybridized carbons (Fsp3) is 0.261. The average molecular weight is 421 g/mol. The topological polar surface area (TPSA) is 79.3 Å². The molecule has 160 valence electrons. The van der Waals surface area contributed by atoms with Crippen LogP contribution in [0.3, 0.4) is 0 Å². The molecule has 1 aliphatic heterocycles. The van der Waals surface area contributed by atoms with E-state index < -0.39 is 11.7 Å². The average Bonchev–Trinajstić information content (AvgIpc) is 3.48. The molecule has 0 bridgehead atoms. The number of imidazole rings is 1. The third-order valence-electron chi connectivity index (χ3n) is 5.24. The molecule has 4 rings (SSSR count). The van der Waals surface area contributed by atoms with Gasteiger partial charge in [-0.3, -0.25) is 9.59 Å². The number of hydrogen-bond acceptors (Lipinski definition) is 4. The monoisotopic (exact) mass is 421 g/mol. The zero-order chi connectivity index (χ0) is 21.6. The maximum absolute atomic E-state index is 14.5. The number of benzene rings is 2. The number of anilines is 3. The van der Waals surface area contributed by atoms with E-state index in [0.29, 0.717) is 23.5 Å². The number of para-hydroxylation sites is 1. The Kier molecular flexibility index (Phi) is 6.26. The predicted octanol–water partition coefficient (Wildman–Crippen LogP) is 3.90. The van der Waals surface area contributed by atoms with Gasteiger partial charge in [-0.15, -0.1) is 0 Å². The zero-order valence-electron chi connectivity index (χ0n) is 17.1. The summed E-state index contributed by atoms with van der Waals surface area (Å²) < 4.78 is 16.3. The van der Waals surface area contributed by atoms with E-state index in [0.717, 1.165) is 25.9 Å². The van der Waals surface area contributed by atoms with Gasteiger partial charge in [0, 0.05) is 49.7 Å². The van der Waals surface area contributed by atoms with Gasteiger partial charge >= 0.3 is 0 Å². The number of aromatic nitrogens is 2. The lowest BCUT2D eigenvalue weighted by molar-refractivity contribution is -0.116. The molecule has 0 radical (unpaired) electrons. The molecule has 31 heavy (non-hydrogen) atoms. The van der Waals surface area contributed by atoms with Gasteiger partial charge in [-0.25, -0.2) is 9.37 Å². The van der Waals surface area contributed by atoms with Gasteiger partial charge in [0.15, 0.2) is 0 Å². The van der Waals surface area contributed by atoms with Crippen molar-refractivity contribution in [1.29, 1.82) is 0 Å². The number of carbonyl (C=O) groups is 2. The van der Waals surface area contributed by atoms with Crippen molar-refractivity contribution < 1.29 is 14.0 Å². The predicted molar refractivity (Wildman–Crippen MR) is 118 cm³/mol. The summed E-state index contributed by atoms with van der Waals surface area (Å²) >= 11 is 0. The van der Waals surface area contributed by atoms with Crippen LogP contribution in [-0.2, 0) is 11.3 Å². The third-order valence-corrected chi connectivity index (χ3v) is 5.24. The molecule has 0 aliphatic carbocycles.